The first-order chi connectivity index (χ1) is 9.93. The Morgan fingerprint density at radius 2 is 2.00 bits per heavy atom. The third kappa shape index (κ3) is 1.83. The fraction of sp³-hybridized carbons (Fsp3) is 0.500. The number of rotatable bonds is 1. The van der Waals surface area contributed by atoms with Gasteiger partial charge in [-0.1, -0.05) is 43.4 Å². The van der Waals surface area contributed by atoms with Gasteiger partial charge in [0.05, 0.1) is 6.04 Å². The van der Waals surface area contributed by atoms with Gasteiger partial charge in [0, 0.05) is 17.2 Å². The van der Waals surface area contributed by atoms with Crippen molar-refractivity contribution in [1.82, 2.24) is 4.90 Å². The molecule has 1 heteroatoms. The van der Waals surface area contributed by atoms with Crippen molar-refractivity contribution in [3.8, 4) is 0 Å². The lowest BCUT2D eigenvalue weighted by Gasteiger charge is -2.62. The van der Waals surface area contributed by atoms with E-state index in [0.717, 1.165) is 6.42 Å². The third-order valence-electron chi connectivity index (χ3n) is 6.04. The van der Waals surface area contributed by atoms with E-state index in [9.17, 15) is 0 Å². The van der Waals surface area contributed by atoms with E-state index in [1.807, 2.05) is 0 Å². The molecule has 1 fully saturated rings. The second-order valence-corrected chi connectivity index (χ2v) is 7.25. The van der Waals surface area contributed by atoms with E-state index >= 15 is 0 Å². The maximum absolute atomic E-state index is 2.56. The van der Waals surface area contributed by atoms with Gasteiger partial charge in [0.2, 0.25) is 0 Å². The summed E-state index contributed by atoms with van der Waals surface area (Å²) in [6, 6.07) is 0.415. The zero-order valence-electron chi connectivity index (χ0n) is 13.9. The van der Waals surface area contributed by atoms with Gasteiger partial charge >= 0.3 is 0 Å². The Labute approximate surface area is 129 Å². The summed E-state index contributed by atoms with van der Waals surface area (Å²) in [4.78, 5) is 2.56. The number of nitrogens with zero attached hydrogens (tertiary/aromatic N) is 1. The first-order valence-electron chi connectivity index (χ1n) is 8.08. The average Bonchev–Trinajstić information content (AvgIpc) is 2.46. The van der Waals surface area contributed by atoms with Crippen molar-refractivity contribution in [2.45, 2.75) is 52.6 Å². The Morgan fingerprint density at radius 1 is 1.24 bits per heavy atom. The van der Waals surface area contributed by atoms with E-state index in [4.69, 9.17) is 0 Å². The number of piperidine rings is 1. The molecule has 112 valence electrons. The summed E-state index contributed by atoms with van der Waals surface area (Å²) >= 11 is 0. The predicted octanol–water partition coefficient (Wildman–Crippen LogP) is 5.01. The molecule has 0 radical (unpaired) electrons. The molecule has 3 aliphatic rings. The predicted molar refractivity (Wildman–Crippen MR) is 90.9 cm³/mol. The fourth-order valence-electron chi connectivity index (χ4n) is 4.54. The van der Waals surface area contributed by atoms with E-state index in [1.165, 1.54) is 5.57 Å². The standard InChI is InChI=1S/C20H27N/c1-6-13-20(5)16-11-9-10-15(2)18(16)17-12-7-8-14-21(17)19(20,3)4/h6-10,12-14,16-17H,11H2,1-5H3. The number of hydrogen-bond acceptors (Lipinski definition) is 1. The van der Waals surface area contributed by atoms with E-state index < -0.39 is 0 Å². The number of fused-ring (bicyclic) bond motifs is 3. The molecular formula is C20H27N. The summed E-state index contributed by atoms with van der Waals surface area (Å²) in [7, 11) is 0. The normalized spacial score (nSPS) is 37.1. The first-order valence-corrected chi connectivity index (χ1v) is 8.08. The van der Waals surface area contributed by atoms with Crippen LogP contribution in [0.15, 0.2) is 59.9 Å². The zero-order valence-corrected chi connectivity index (χ0v) is 13.9. The first kappa shape index (κ1) is 14.4. The zero-order chi connectivity index (χ0) is 15.3. The molecule has 3 unspecified atom stereocenters. The molecule has 1 nitrogen and oxygen atoms in total. The average molecular weight is 281 g/mol. The van der Waals surface area contributed by atoms with Crippen LogP contribution >= 0.6 is 0 Å². The van der Waals surface area contributed by atoms with Crippen molar-refractivity contribution in [3.63, 3.8) is 0 Å². The molecular weight excluding hydrogens is 254 g/mol. The molecule has 1 saturated heterocycles. The van der Waals surface area contributed by atoms with Crippen LogP contribution in [0.5, 0.6) is 0 Å². The van der Waals surface area contributed by atoms with Crippen molar-refractivity contribution < 1.29 is 0 Å². The second kappa shape index (κ2) is 4.76. The van der Waals surface area contributed by atoms with E-state index in [-0.39, 0.29) is 11.0 Å². The van der Waals surface area contributed by atoms with Crippen molar-refractivity contribution in [3.05, 3.63) is 59.9 Å². The van der Waals surface area contributed by atoms with Crippen molar-refractivity contribution in [2.75, 3.05) is 0 Å². The molecule has 1 aliphatic carbocycles. The maximum Gasteiger partial charge on any atom is 0.0698 e. The van der Waals surface area contributed by atoms with Gasteiger partial charge in [-0.3, -0.25) is 0 Å². The topological polar surface area (TPSA) is 3.24 Å². The molecule has 2 heterocycles. The summed E-state index contributed by atoms with van der Waals surface area (Å²) in [6.07, 6.45) is 19.5. The van der Waals surface area contributed by atoms with Gasteiger partial charge < -0.3 is 4.90 Å². The molecule has 0 aromatic carbocycles. The third-order valence-corrected chi connectivity index (χ3v) is 6.04. The highest BCUT2D eigenvalue weighted by atomic mass is 15.2. The Hall–Kier alpha value is -1.50. The van der Waals surface area contributed by atoms with Gasteiger partial charge in [-0.15, -0.1) is 0 Å². The SMILES string of the molecule is CC=CC1(C)C2CC=CC(C)=C2C2C=CC=CN2C1(C)C. The minimum atomic E-state index is 0.0884. The summed E-state index contributed by atoms with van der Waals surface area (Å²) in [5.41, 5.74) is 3.28. The van der Waals surface area contributed by atoms with Crippen LogP contribution in [0.2, 0.25) is 0 Å². The lowest BCUT2D eigenvalue weighted by molar-refractivity contribution is -0.0124. The largest absolute Gasteiger partial charge is 0.361 e. The van der Waals surface area contributed by atoms with Crippen molar-refractivity contribution in [2.24, 2.45) is 11.3 Å². The molecule has 3 rings (SSSR count). The lowest BCUT2D eigenvalue weighted by atomic mass is 9.54. The van der Waals surface area contributed by atoms with Crippen LogP contribution in [0.1, 0.15) is 41.0 Å². The van der Waals surface area contributed by atoms with E-state index in [0.29, 0.717) is 12.0 Å². The molecule has 0 aromatic heterocycles. The smallest absolute Gasteiger partial charge is 0.0698 e. The Balaban J connectivity index is 2.23. The van der Waals surface area contributed by atoms with Gasteiger partial charge in [0.25, 0.3) is 0 Å². The van der Waals surface area contributed by atoms with Crippen LogP contribution in [0, 0.1) is 11.3 Å². The van der Waals surface area contributed by atoms with Gasteiger partial charge in [-0.2, -0.15) is 0 Å². The van der Waals surface area contributed by atoms with Crippen LogP contribution in [-0.4, -0.2) is 16.5 Å². The minimum absolute atomic E-state index is 0.0884. The lowest BCUT2D eigenvalue weighted by Crippen LogP contribution is -2.64. The molecule has 0 spiro atoms. The summed E-state index contributed by atoms with van der Waals surface area (Å²) in [5.74, 6) is 0.589. The number of allylic oxidation sites excluding steroid dienone is 6. The molecule has 2 aliphatic heterocycles. The monoisotopic (exact) mass is 281 g/mol. The summed E-state index contributed by atoms with van der Waals surface area (Å²) < 4.78 is 0. The van der Waals surface area contributed by atoms with Crippen LogP contribution < -0.4 is 0 Å². The van der Waals surface area contributed by atoms with Gasteiger partial charge in [-0.05, 0) is 57.3 Å². The van der Waals surface area contributed by atoms with E-state index in [2.05, 4.69) is 88.3 Å². The molecule has 21 heavy (non-hydrogen) atoms. The van der Waals surface area contributed by atoms with Crippen molar-refractivity contribution in [1.29, 1.82) is 0 Å². The molecule has 0 bridgehead atoms. The van der Waals surface area contributed by atoms with Crippen molar-refractivity contribution >= 4 is 0 Å². The second-order valence-electron chi connectivity index (χ2n) is 7.25. The molecule has 0 amide bonds. The van der Waals surface area contributed by atoms with E-state index in [1.54, 1.807) is 5.57 Å². The van der Waals surface area contributed by atoms with Crippen LogP contribution in [0.3, 0.4) is 0 Å². The fourth-order valence-corrected chi connectivity index (χ4v) is 4.54. The summed E-state index contributed by atoms with van der Waals surface area (Å²) in [6.45, 7) is 11.7. The quantitative estimate of drug-likeness (QED) is 0.611. The highest BCUT2D eigenvalue weighted by molar-refractivity contribution is 5.44. The highest BCUT2D eigenvalue weighted by Gasteiger charge is 2.55. The van der Waals surface area contributed by atoms with Crippen LogP contribution in [0.4, 0.5) is 0 Å². The molecule has 3 atom stereocenters. The number of hydrogen-bond donors (Lipinski definition) is 0. The van der Waals surface area contributed by atoms with Gasteiger partial charge in [0.1, 0.15) is 0 Å². The highest BCUT2D eigenvalue weighted by Crippen LogP contribution is 2.56. The molecule has 0 aromatic rings. The van der Waals surface area contributed by atoms with Crippen LogP contribution in [-0.2, 0) is 0 Å². The van der Waals surface area contributed by atoms with Crippen LogP contribution in [0.25, 0.3) is 0 Å². The Kier molecular flexibility index (Phi) is 3.27. The summed E-state index contributed by atoms with van der Waals surface area (Å²) in [5, 5.41) is 0. The molecule has 0 N–H and O–H groups in total. The minimum Gasteiger partial charge on any atom is -0.361 e. The molecule has 0 saturated carbocycles. The van der Waals surface area contributed by atoms with Gasteiger partial charge in [0.15, 0.2) is 0 Å². The Bertz CT molecular complexity index is 585. The Morgan fingerprint density at radius 3 is 2.71 bits per heavy atom. The maximum atomic E-state index is 2.56. The van der Waals surface area contributed by atoms with Gasteiger partial charge in [-0.25, -0.2) is 0 Å².